The van der Waals surface area contributed by atoms with Crippen molar-refractivity contribution < 1.29 is 19.2 Å². The number of benzene rings is 1. The van der Waals surface area contributed by atoms with E-state index in [0.717, 1.165) is 0 Å². The third-order valence-electron chi connectivity index (χ3n) is 3.44. The highest BCUT2D eigenvalue weighted by atomic mass is 32.2. The van der Waals surface area contributed by atoms with E-state index in [2.05, 4.69) is 5.32 Å². The van der Waals surface area contributed by atoms with Gasteiger partial charge in [0.05, 0.1) is 18.1 Å². The van der Waals surface area contributed by atoms with Gasteiger partial charge in [0.1, 0.15) is 6.04 Å². The predicted octanol–water partition coefficient (Wildman–Crippen LogP) is 1.05. The van der Waals surface area contributed by atoms with Crippen molar-refractivity contribution in [1.29, 1.82) is 0 Å². The number of non-ortho nitro benzene ring substituents is 1. The zero-order chi connectivity index (χ0) is 17.5. The normalized spacial score (nSPS) is 15.6. The van der Waals surface area contributed by atoms with Crippen LogP contribution in [0, 0.1) is 10.1 Å². The number of nitrogens with one attached hydrogen (secondary N) is 1. The highest BCUT2D eigenvalue weighted by Gasteiger charge is 2.26. The van der Waals surface area contributed by atoms with Crippen LogP contribution in [0.15, 0.2) is 29.2 Å². The number of hydrogen-bond acceptors (Lipinski definition) is 6. The van der Waals surface area contributed by atoms with Gasteiger partial charge in [0.2, 0.25) is 11.8 Å². The molecule has 0 aliphatic carbocycles. The molecule has 0 bridgehead atoms. The fourth-order valence-electron chi connectivity index (χ4n) is 2.29. The number of rotatable bonds is 6. The minimum absolute atomic E-state index is 0.00409. The number of nitro groups is 1. The minimum atomic E-state index is -0.676. The predicted molar refractivity (Wildman–Crippen MR) is 88.8 cm³/mol. The Morgan fingerprint density at radius 1 is 1.42 bits per heavy atom. The van der Waals surface area contributed by atoms with Crippen molar-refractivity contribution in [3.8, 4) is 0 Å². The molecule has 24 heavy (non-hydrogen) atoms. The van der Waals surface area contributed by atoms with E-state index in [4.69, 9.17) is 4.74 Å². The van der Waals surface area contributed by atoms with Gasteiger partial charge in [0, 0.05) is 42.8 Å². The van der Waals surface area contributed by atoms with Gasteiger partial charge in [-0.1, -0.05) is 6.07 Å². The molecule has 0 aromatic heterocycles. The molecule has 1 unspecified atom stereocenters. The third-order valence-corrected chi connectivity index (χ3v) is 4.53. The first-order valence-electron chi connectivity index (χ1n) is 7.48. The molecule has 1 heterocycles. The standard InChI is InChI=1S/C15H19N3O5S/c1-11(19)16-14(15(20)17-5-7-23-8-6-17)10-24-13-4-2-3-12(9-13)18(21)22/h2-4,9,14H,5-8,10H2,1H3,(H,16,19). The van der Waals surface area contributed by atoms with E-state index in [0.29, 0.717) is 37.0 Å². The van der Waals surface area contributed by atoms with Gasteiger partial charge >= 0.3 is 0 Å². The lowest BCUT2D eigenvalue weighted by Crippen LogP contribution is -2.52. The molecule has 1 aromatic carbocycles. The second-order valence-electron chi connectivity index (χ2n) is 5.26. The first kappa shape index (κ1) is 18.2. The molecule has 1 saturated heterocycles. The Morgan fingerprint density at radius 2 is 2.12 bits per heavy atom. The summed E-state index contributed by atoms with van der Waals surface area (Å²) < 4.78 is 5.23. The molecule has 1 N–H and O–H groups in total. The zero-order valence-electron chi connectivity index (χ0n) is 13.3. The van der Waals surface area contributed by atoms with Crippen LogP contribution in [0.2, 0.25) is 0 Å². The molecule has 1 atom stereocenters. The zero-order valence-corrected chi connectivity index (χ0v) is 14.1. The van der Waals surface area contributed by atoms with Gasteiger partial charge in [0.15, 0.2) is 0 Å². The van der Waals surface area contributed by atoms with E-state index in [9.17, 15) is 19.7 Å². The highest BCUT2D eigenvalue weighted by Crippen LogP contribution is 2.24. The SMILES string of the molecule is CC(=O)NC(CSc1cccc([N+](=O)[O-])c1)C(=O)N1CCOCC1. The summed E-state index contributed by atoms with van der Waals surface area (Å²) in [6.45, 7) is 3.32. The molecule has 0 spiro atoms. The summed E-state index contributed by atoms with van der Waals surface area (Å²) in [4.78, 5) is 36.6. The third kappa shape index (κ3) is 5.20. The smallest absolute Gasteiger partial charge is 0.270 e. The van der Waals surface area contributed by atoms with Gasteiger partial charge in [-0.15, -0.1) is 11.8 Å². The minimum Gasteiger partial charge on any atom is -0.378 e. The number of ether oxygens (including phenoxy) is 1. The number of hydrogen-bond donors (Lipinski definition) is 1. The van der Waals surface area contributed by atoms with E-state index in [1.165, 1.54) is 30.8 Å². The second-order valence-corrected chi connectivity index (χ2v) is 6.35. The van der Waals surface area contributed by atoms with Gasteiger partial charge in [0.25, 0.3) is 5.69 Å². The number of nitro benzene ring substituents is 1. The number of thioether (sulfide) groups is 1. The van der Waals surface area contributed by atoms with E-state index < -0.39 is 11.0 Å². The quantitative estimate of drug-likeness (QED) is 0.466. The van der Waals surface area contributed by atoms with Crippen LogP contribution in [-0.4, -0.2) is 59.7 Å². The fraction of sp³-hybridized carbons (Fsp3) is 0.467. The largest absolute Gasteiger partial charge is 0.378 e. The Labute approximate surface area is 143 Å². The topological polar surface area (TPSA) is 102 Å². The number of carbonyl (C=O) groups excluding carboxylic acids is 2. The van der Waals surface area contributed by atoms with E-state index in [1.54, 1.807) is 17.0 Å². The van der Waals surface area contributed by atoms with Crippen LogP contribution in [0.4, 0.5) is 5.69 Å². The second kappa shape index (κ2) is 8.65. The number of carbonyl (C=O) groups is 2. The first-order valence-corrected chi connectivity index (χ1v) is 8.47. The Bertz CT molecular complexity index is 619. The number of amides is 2. The molecule has 2 rings (SSSR count). The molecule has 8 nitrogen and oxygen atoms in total. The van der Waals surface area contributed by atoms with Gasteiger partial charge in [-0.2, -0.15) is 0 Å². The lowest BCUT2D eigenvalue weighted by atomic mass is 10.2. The summed E-state index contributed by atoms with van der Waals surface area (Å²) in [5.41, 5.74) is -0.00409. The van der Waals surface area contributed by atoms with Crippen LogP contribution >= 0.6 is 11.8 Å². The maximum absolute atomic E-state index is 12.6. The average molecular weight is 353 g/mol. The summed E-state index contributed by atoms with van der Waals surface area (Å²) in [5.74, 6) is -0.149. The molecular weight excluding hydrogens is 334 g/mol. The molecule has 1 fully saturated rings. The maximum Gasteiger partial charge on any atom is 0.270 e. The molecule has 2 amide bonds. The molecule has 130 valence electrons. The lowest BCUT2D eigenvalue weighted by molar-refractivity contribution is -0.385. The Kier molecular flexibility index (Phi) is 6.56. The summed E-state index contributed by atoms with van der Waals surface area (Å²) in [5, 5.41) is 13.5. The van der Waals surface area contributed by atoms with Crippen LogP contribution < -0.4 is 5.32 Å². The molecule has 0 radical (unpaired) electrons. The monoisotopic (exact) mass is 353 g/mol. The molecule has 0 saturated carbocycles. The lowest BCUT2D eigenvalue weighted by Gasteiger charge is -2.30. The molecule has 9 heteroatoms. The van der Waals surface area contributed by atoms with Gasteiger partial charge in [-0.3, -0.25) is 19.7 Å². The van der Waals surface area contributed by atoms with Crippen LogP contribution in [0.3, 0.4) is 0 Å². The van der Waals surface area contributed by atoms with Crippen molar-refractivity contribution in [2.45, 2.75) is 17.9 Å². The van der Waals surface area contributed by atoms with Crippen LogP contribution in [0.5, 0.6) is 0 Å². The summed E-state index contributed by atoms with van der Waals surface area (Å²) in [6.07, 6.45) is 0. The first-order chi connectivity index (χ1) is 11.5. The molecule has 1 aliphatic heterocycles. The summed E-state index contributed by atoms with van der Waals surface area (Å²) in [6, 6.07) is 5.52. The van der Waals surface area contributed by atoms with Crippen molar-refractivity contribution in [3.63, 3.8) is 0 Å². The molecule has 1 aromatic rings. The van der Waals surface area contributed by atoms with Gasteiger partial charge < -0.3 is 15.0 Å². The van der Waals surface area contributed by atoms with Crippen molar-refractivity contribution >= 4 is 29.3 Å². The average Bonchev–Trinajstić information content (AvgIpc) is 2.58. The summed E-state index contributed by atoms with van der Waals surface area (Å²) >= 11 is 1.30. The van der Waals surface area contributed by atoms with Crippen molar-refractivity contribution in [3.05, 3.63) is 34.4 Å². The van der Waals surface area contributed by atoms with Crippen molar-refractivity contribution in [2.24, 2.45) is 0 Å². The molecular formula is C15H19N3O5S. The maximum atomic E-state index is 12.6. The Balaban J connectivity index is 2.02. The highest BCUT2D eigenvalue weighted by molar-refractivity contribution is 7.99. The fourth-order valence-corrected chi connectivity index (χ4v) is 3.25. The van der Waals surface area contributed by atoms with Gasteiger partial charge in [-0.25, -0.2) is 0 Å². The van der Waals surface area contributed by atoms with E-state index in [1.807, 2.05) is 0 Å². The number of morpholine rings is 1. The van der Waals surface area contributed by atoms with Crippen LogP contribution in [-0.2, 0) is 14.3 Å². The Hall–Kier alpha value is -2.13. The van der Waals surface area contributed by atoms with Crippen LogP contribution in [0.25, 0.3) is 0 Å². The number of nitrogens with zero attached hydrogens (tertiary/aromatic N) is 2. The Morgan fingerprint density at radius 3 is 2.75 bits per heavy atom. The van der Waals surface area contributed by atoms with Gasteiger partial charge in [-0.05, 0) is 6.07 Å². The van der Waals surface area contributed by atoms with Crippen molar-refractivity contribution in [2.75, 3.05) is 32.1 Å². The van der Waals surface area contributed by atoms with E-state index >= 15 is 0 Å². The van der Waals surface area contributed by atoms with Crippen LogP contribution in [0.1, 0.15) is 6.92 Å². The van der Waals surface area contributed by atoms with E-state index in [-0.39, 0.29) is 17.5 Å². The molecule has 1 aliphatic rings. The van der Waals surface area contributed by atoms with Crippen molar-refractivity contribution in [1.82, 2.24) is 10.2 Å². The summed E-state index contributed by atoms with van der Waals surface area (Å²) in [7, 11) is 0.